The fourth-order valence-electron chi connectivity index (χ4n) is 3.79. The van der Waals surface area contributed by atoms with E-state index in [-0.39, 0.29) is 10.4 Å². The zero-order valence-corrected chi connectivity index (χ0v) is 14.6. The van der Waals surface area contributed by atoms with Gasteiger partial charge in [0.25, 0.3) is 10.0 Å². The highest BCUT2D eigenvalue weighted by molar-refractivity contribution is 7.89. The molecule has 8 heteroatoms. The highest BCUT2D eigenvalue weighted by atomic mass is 32.2. The largest absolute Gasteiger partial charge is 0.384 e. The number of nitrogens with zero attached hydrogens (tertiary/aromatic N) is 3. The van der Waals surface area contributed by atoms with Gasteiger partial charge in [-0.15, -0.1) is 0 Å². The summed E-state index contributed by atoms with van der Waals surface area (Å²) in [6.07, 6.45) is 5.78. The van der Waals surface area contributed by atoms with E-state index < -0.39 is 10.0 Å². The van der Waals surface area contributed by atoms with Gasteiger partial charge >= 0.3 is 0 Å². The first-order chi connectivity index (χ1) is 11.0. The molecule has 0 aromatic carbocycles. The van der Waals surface area contributed by atoms with E-state index in [0.29, 0.717) is 32.2 Å². The fourth-order valence-corrected chi connectivity index (χ4v) is 5.20. The summed E-state index contributed by atoms with van der Waals surface area (Å²) in [7, 11) is -0.00372. The lowest BCUT2D eigenvalue weighted by Crippen LogP contribution is -2.50. The molecule has 2 aliphatic rings. The molecule has 0 N–H and O–H groups in total. The Morgan fingerprint density at radius 1 is 1.39 bits per heavy atom. The summed E-state index contributed by atoms with van der Waals surface area (Å²) in [6, 6.07) is 0. The van der Waals surface area contributed by atoms with E-state index >= 15 is 0 Å². The van der Waals surface area contributed by atoms with Crippen molar-refractivity contribution in [1.82, 2.24) is 13.9 Å². The Bertz CT molecular complexity index is 633. The molecule has 0 unspecified atom stereocenters. The van der Waals surface area contributed by atoms with E-state index in [1.54, 1.807) is 29.2 Å². The Hall–Kier alpha value is -0.960. The standard InChI is InChI=1S/C15H25N3O4S/c1-17-9-14(16-12-17)23(19,20)18-6-3-15(4-7-18)5-8-22-11-13(15)10-21-2/h9,12-13H,3-8,10-11H2,1-2H3/t13-/m1/s1. The average Bonchev–Trinajstić information content (AvgIpc) is 2.98. The predicted octanol–water partition coefficient (Wildman–Crippen LogP) is 0.874. The number of hydrogen-bond donors (Lipinski definition) is 0. The molecule has 0 radical (unpaired) electrons. The molecule has 0 amide bonds. The molecule has 1 atom stereocenters. The highest BCUT2D eigenvalue weighted by Gasteiger charge is 2.45. The SMILES string of the molecule is COC[C@@H]1COCCC12CCN(S(=O)(=O)c1cn(C)cn1)CC2. The van der Waals surface area contributed by atoms with Gasteiger partial charge in [0.15, 0.2) is 5.03 Å². The quantitative estimate of drug-likeness (QED) is 0.811. The van der Waals surface area contributed by atoms with Crippen molar-refractivity contribution in [1.29, 1.82) is 0 Å². The van der Waals surface area contributed by atoms with Gasteiger partial charge in [-0.25, -0.2) is 13.4 Å². The van der Waals surface area contributed by atoms with Crippen LogP contribution in [-0.4, -0.2) is 62.3 Å². The van der Waals surface area contributed by atoms with E-state index in [9.17, 15) is 8.42 Å². The van der Waals surface area contributed by atoms with Gasteiger partial charge in [0.1, 0.15) is 0 Å². The highest BCUT2D eigenvalue weighted by Crippen LogP contribution is 2.45. The van der Waals surface area contributed by atoms with E-state index in [1.807, 2.05) is 0 Å². The molecule has 130 valence electrons. The maximum atomic E-state index is 12.7. The fraction of sp³-hybridized carbons (Fsp3) is 0.800. The number of piperidine rings is 1. The maximum absolute atomic E-state index is 12.7. The van der Waals surface area contributed by atoms with Crippen LogP contribution >= 0.6 is 0 Å². The Labute approximate surface area is 137 Å². The number of imidazole rings is 1. The monoisotopic (exact) mass is 343 g/mol. The van der Waals surface area contributed by atoms with Crippen molar-refractivity contribution < 1.29 is 17.9 Å². The molecule has 0 bridgehead atoms. The number of rotatable bonds is 4. The smallest absolute Gasteiger partial charge is 0.262 e. The minimum atomic E-state index is -3.49. The van der Waals surface area contributed by atoms with Gasteiger partial charge in [-0.3, -0.25) is 0 Å². The van der Waals surface area contributed by atoms with E-state index in [4.69, 9.17) is 9.47 Å². The van der Waals surface area contributed by atoms with Crippen molar-refractivity contribution >= 4 is 10.0 Å². The topological polar surface area (TPSA) is 73.7 Å². The molecular weight excluding hydrogens is 318 g/mol. The van der Waals surface area contributed by atoms with Crippen LogP contribution < -0.4 is 0 Å². The summed E-state index contributed by atoms with van der Waals surface area (Å²) in [5, 5.41) is 0.136. The minimum Gasteiger partial charge on any atom is -0.384 e. The molecule has 2 aliphatic heterocycles. The first-order valence-corrected chi connectivity index (χ1v) is 9.47. The van der Waals surface area contributed by atoms with Crippen molar-refractivity contribution in [3.8, 4) is 0 Å². The number of aromatic nitrogens is 2. The Kier molecular flexibility index (Phi) is 4.78. The van der Waals surface area contributed by atoms with Crippen LogP contribution in [-0.2, 0) is 26.5 Å². The van der Waals surface area contributed by atoms with Gasteiger partial charge < -0.3 is 14.0 Å². The van der Waals surface area contributed by atoms with Gasteiger partial charge in [-0.1, -0.05) is 0 Å². The second kappa shape index (κ2) is 6.51. The number of sulfonamides is 1. The minimum absolute atomic E-state index is 0.136. The molecule has 7 nitrogen and oxygen atoms in total. The summed E-state index contributed by atoms with van der Waals surface area (Å²) < 4.78 is 39.5. The Morgan fingerprint density at radius 2 is 2.13 bits per heavy atom. The van der Waals surface area contributed by atoms with Crippen LogP contribution in [0.2, 0.25) is 0 Å². The molecule has 3 heterocycles. The van der Waals surface area contributed by atoms with Crippen LogP contribution in [0.5, 0.6) is 0 Å². The predicted molar refractivity (Wildman–Crippen MR) is 84.4 cm³/mol. The molecule has 1 spiro atoms. The third-order valence-electron chi connectivity index (χ3n) is 5.30. The van der Waals surface area contributed by atoms with Gasteiger partial charge in [0, 0.05) is 46.0 Å². The van der Waals surface area contributed by atoms with Crippen molar-refractivity contribution in [2.75, 3.05) is 40.0 Å². The van der Waals surface area contributed by atoms with Gasteiger partial charge in [0.2, 0.25) is 0 Å². The van der Waals surface area contributed by atoms with Crippen LogP contribution in [0.1, 0.15) is 19.3 Å². The van der Waals surface area contributed by atoms with E-state index in [0.717, 1.165) is 25.9 Å². The average molecular weight is 343 g/mol. The maximum Gasteiger partial charge on any atom is 0.262 e. The summed E-state index contributed by atoms with van der Waals surface area (Å²) >= 11 is 0. The molecule has 2 saturated heterocycles. The molecule has 0 aliphatic carbocycles. The van der Waals surface area contributed by atoms with Crippen molar-refractivity contribution in [3.05, 3.63) is 12.5 Å². The molecular formula is C15H25N3O4S. The van der Waals surface area contributed by atoms with Crippen LogP contribution in [0.15, 0.2) is 17.6 Å². The van der Waals surface area contributed by atoms with Crippen molar-refractivity contribution in [2.45, 2.75) is 24.3 Å². The zero-order valence-electron chi connectivity index (χ0n) is 13.8. The van der Waals surface area contributed by atoms with Gasteiger partial charge in [-0.05, 0) is 24.7 Å². The summed E-state index contributed by atoms with van der Waals surface area (Å²) in [5.74, 6) is 0.348. The summed E-state index contributed by atoms with van der Waals surface area (Å²) in [6.45, 7) is 3.22. The number of aryl methyl sites for hydroxylation is 1. The van der Waals surface area contributed by atoms with E-state index in [2.05, 4.69) is 4.98 Å². The Balaban J connectivity index is 1.72. The van der Waals surface area contributed by atoms with Crippen LogP contribution in [0.4, 0.5) is 0 Å². The first kappa shape index (κ1) is 16.9. The van der Waals surface area contributed by atoms with E-state index in [1.165, 1.54) is 6.33 Å². The van der Waals surface area contributed by atoms with Crippen LogP contribution in [0, 0.1) is 11.3 Å². The molecule has 1 aromatic heterocycles. The number of hydrogen-bond acceptors (Lipinski definition) is 5. The lowest BCUT2D eigenvalue weighted by molar-refractivity contribution is -0.0881. The molecule has 23 heavy (non-hydrogen) atoms. The second-order valence-electron chi connectivity index (χ2n) is 6.62. The van der Waals surface area contributed by atoms with Crippen LogP contribution in [0.3, 0.4) is 0 Å². The first-order valence-electron chi connectivity index (χ1n) is 8.03. The van der Waals surface area contributed by atoms with Crippen LogP contribution in [0.25, 0.3) is 0 Å². The van der Waals surface area contributed by atoms with Crippen molar-refractivity contribution in [3.63, 3.8) is 0 Å². The van der Waals surface area contributed by atoms with Crippen molar-refractivity contribution in [2.24, 2.45) is 18.4 Å². The molecule has 2 fully saturated rings. The lowest BCUT2D eigenvalue weighted by atomic mass is 9.66. The molecule has 0 saturated carbocycles. The second-order valence-corrected chi connectivity index (χ2v) is 8.51. The zero-order chi connectivity index (χ0) is 16.5. The normalized spacial score (nSPS) is 25.7. The lowest BCUT2D eigenvalue weighted by Gasteiger charge is -2.48. The van der Waals surface area contributed by atoms with Gasteiger partial charge in [-0.2, -0.15) is 4.31 Å². The third kappa shape index (κ3) is 3.17. The van der Waals surface area contributed by atoms with Gasteiger partial charge in [0.05, 0.1) is 19.5 Å². The summed E-state index contributed by atoms with van der Waals surface area (Å²) in [5.41, 5.74) is 0.143. The number of methoxy groups -OCH3 is 1. The summed E-state index contributed by atoms with van der Waals surface area (Å²) in [4.78, 5) is 4.00. The molecule has 1 aromatic rings. The number of ether oxygens (including phenoxy) is 2. The molecule has 3 rings (SSSR count). The third-order valence-corrected chi connectivity index (χ3v) is 7.09. The Morgan fingerprint density at radius 3 is 2.74 bits per heavy atom.